The number of carbonyl (C=O) groups is 1. The Balaban J connectivity index is 2.29. The molecule has 2 N–H and O–H groups in total. The maximum absolute atomic E-state index is 10.8. The average molecular weight is 240 g/mol. The molecule has 2 aromatic rings. The van der Waals surface area contributed by atoms with Crippen molar-refractivity contribution >= 4 is 18.1 Å². The maximum atomic E-state index is 10.8. The summed E-state index contributed by atoms with van der Waals surface area (Å²) < 4.78 is 0. The van der Waals surface area contributed by atoms with Crippen molar-refractivity contribution in [2.75, 3.05) is 0 Å². The van der Waals surface area contributed by atoms with Crippen LogP contribution >= 0.6 is 0 Å². The molecule has 0 aliphatic rings. The molecule has 0 heterocycles. The molecule has 0 aromatic heterocycles. The minimum atomic E-state index is -1.06. The zero-order valence-corrected chi connectivity index (χ0v) is 9.58. The molecule has 2 rings (SSSR count). The number of aromatic hydroxyl groups is 1. The zero-order chi connectivity index (χ0) is 13.0. The van der Waals surface area contributed by atoms with Crippen LogP contribution in [0.1, 0.15) is 21.5 Å². The van der Waals surface area contributed by atoms with Gasteiger partial charge in [-0.15, -0.1) is 0 Å². The predicted octanol–water partition coefficient (Wildman–Crippen LogP) is 3.26. The smallest absolute Gasteiger partial charge is 0.335 e. The summed E-state index contributed by atoms with van der Waals surface area (Å²) in [4.78, 5) is 10.8. The molecule has 0 aliphatic heterocycles. The highest BCUT2D eigenvalue weighted by Crippen LogP contribution is 2.18. The van der Waals surface area contributed by atoms with Crippen LogP contribution in [0.4, 0.5) is 0 Å². The van der Waals surface area contributed by atoms with E-state index >= 15 is 0 Å². The van der Waals surface area contributed by atoms with E-state index in [1.807, 2.05) is 36.4 Å². The second-order valence-electron chi connectivity index (χ2n) is 3.86. The first-order valence-electron chi connectivity index (χ1n) is 5.45. The second-order valence-corrected chi connectivity index (χ2v) is 3.86. The SMILES string of the molecule is O=C(O)c1cc(O)cc(/C=C/c2ccccc2)c1. The molecule has 18 heavy (non-hydrogen) atoms. The van der Waals surface area contributed by atoms with Crippen LogP contribution in [0.3, 0.4) is 0 Å². The molecule has 3 nitrogen and oxygen atoms in total. The fraction of sp³-hybridized carbons (Fsp3) is 0. The molecule has 0 atom stereocenters. The number of rotatable bonds is 3. The summed E-state index contributed by atoms with van der Waals surface area (Å²) in [6.07, 6.45) is 3.63. The standard InChI is InChI=1S/C15H12O3/c16-14-9-12(8-13(10-14)15(17)18)7-6-11-4-2-1-3-5-11/h1-10,16H,(H,17,18)/b7-6+. The Kier molecular flexibility index (Phi) is 3.44. The van der Waals surface area contributed by atoms with E-state index in [2.05, 4.69) is 0 Å². The molecule has 2 aromatic carbocycles. The molecule has 90 valence electrons. The van der Waals surface area contributed by atoms with Gasteiger partial charge in [-0.05, 0) is 29.3 Å². The fourth-order valence-electron chi connectivity index (χ4n) is 1.61. The molecule has 0 saturated carbocycles. The monoisotopic (exact) mass is 240 g/mol. The van der Waals surface area contributed by atoms with Gasteiger partial charge in [0.1, 0.15) is 5.75 Å². The zero-order valence-electron chi connectivity index (χ0n) is 9.58. The number of aromatic carboxylic acids is 1. The first-order chi connectivity index (χ1) is 8.65. The molecule has 0 bridgehead atoms. The van der Waals surface area contributed by atoms with Crippen LogP contribution in [0.25, 0.3) is 12.2 Å². The summed E-state index contributed by atoms with van der Waals surface area (Å²) in [5.41, 5.74) is 1.73. The second kappa shape index (κ2) is 5.19. The van der Waals surface area contributed by atoms with Gasteiger partial charge in [-0.25, -0.2) is 4.79 Å². The molecule has 0 unspecified atom stereocenters. The van der Waals surface area contributed by atoms with E-state index in [-0.39, 0.29) is 11.3 Å². The first kappa shape index (κ1) is 11.9. The summed E-state index contributed by atoms with van der Waals surface area (Å²) in [7, 11) is 0. The van der Waals surface area contributed by atoms with Gasteiger partial charge in [0.2, 0.25) is 0 Å². The first-order valence-corrected chi connectivity index (χ1v) is 5.45. The van der Waals surface area contributed by atoms with Gasteiger partial charge < -0.3 is 10.2 Å². The molecular weight excluding hydrogens is 228 g/mol. The van der Waals surface area contributed by atoms with Crippen molar-refractivity contribution in [2.45, 2.75) is 0 Å². The molecule has 0 amide bonds. The number of hydrogen-bond donors (Lipinski definition) is 2. The summed E-state index contributed by atoms with van der Waals surface area (Å²) in [5, 5.41) is 18.3. The molecule has 0 fully saturated rings. The Morgan fingerprint density at radius 2 is 1.61 bits per heavy atom. The Bertz CT molecular complexity index is 586. The maximum Gasteiger partial charge on any atom is 0.335 e. The summed E-state index contributed by atoms with van der Waals surface area (Å²) in [5.74, 6) is -1.11. The lowest BCUT2D eigenvalue weighted by Crippen LogP contribution is -1.95. The minimum absolute atomic E-state index is 0.0531. The van der Waals surface area contributed by atoms with Crippen LogP contribution in [0.2, 0.25) is 0 Å². The third-order valence-corrected chi connectivity index (χ3v) is 2.45. The quantitative estimate of drug-likeness (QED) is 0.809. The molecule has 0 spiro atoms. The highest BCUT2D eigenvalue weighted by molar-refractivity contribution is 5.89. The van der Waals surface area contributed by atoms with Crippen molar-refractivity contribution in [3.05, 3.63) is 65.2 Å². The van der Waals surface area contributed by atoms with Gasteiger partial charge in [0.15, 0.2) is 0 Å². The number of phenols is 1. The molecule has 0 aliphatic carbocycles. The minimum Gasteiger partial charge on any atom is -0.508 e. The summed E-state index contributed by atoms with van der Waals surface area (Å²) in [6.45, 7) is 0. The van der Waals surface area contributed by atoms with Crippen LogP contribution in [0.15, 0.2) is 48.5 Å². The number of carboxylic acid groups (broad SMARTS) is 1. The van der Waals surface area contributed by atoms with Crippen molar-refractivity contribution in [3.8, 4) is 5.75 Å². The van der Waals surface area contributed by atoms with Gasteiger partial charge in [-0.2, -0.15) is 0 Å². The third-order valence-electron chi connectivity index (χ3n) is 2.45. The largest absolute Gasteiger partial charge is 0.508 e. The van der Waals surface area contributed by atoms with E-state index in [4.69, 9.17) is 5.11 Å². The molecule has 0 saturated heterocycles. The molecule has 0 radical (unpaired) electrons. The topological polar surface area (TPSA) is 57.5 Å². The Labute approximate surface area is 105 Å². The van der Waals surface area contributed by atoms with Crippen LogP contribution in [-0.2, 0) is 0 Å². The predicted molar refractivity (Wildman–Crippen MR) is 70.4 cm³/mol. The molecular formula is C15H12O3. The van der Waals surface area contributed by atoms with Gasteiger partial charge in [-0.1, -0.05) is 42.5 Å². The van der Waals surface area contributed by atoms with Crippen molar-refractivity contribution in [1.29, 1.82) is 0 Å². The van der Waals surface area contributed by atoms with E-state index < -0.39 is 5.97 Å². The average Bonchev–Trinajstić information content (AvgIpc) is 2.37. The van der Waals surface area contributed by atoms with Crippen molar-refractivity contribution in [2.24, 2.45) is 0 Å². The van der Waals surface area contributed by atoms with Gasteiger partial charge in [0.05, 0.1) is 5.56 Å². The number of carboxylic acids is 1. The Morgan fingerprint density at radius 3 is 2.28 bits per heavy atom. The summed E-state index contributed by atoms with van der Waals surface area (Å²) in [6, 6.07) is 13.9. The number of benzene rings is 2. The van der Waals surface area contributed by atoms with Crippen molar-refractivity contribution in [1.82, 2.24) is 0 Å². The van der Waals surface area contributed by atoms with E-state index in [0.717, 1.165) is 5.56 Å². The van der Waals surface area contributed by atoms with Crippen LogP contribution in [0.5, 0.6) is 5.75 Å². The van der Waals surface area contributed by atoms with Crippen LogP contribution < -0.4 is 0 Å². The van der Waals surface area contributed by atoms with Gasteiger partial charge in [-0.3, -0.25) is 0 Å². The molecule has 3 heteroatoms. The lowest BCUT2D eigenvalue weighted by atomic mass is 10.1. The Hall–Kier alpha value is -2.55. The van der Waals surface area contributed by atoms with E-state index in [1.165, 1.54) is 18.2 Å². The van der Waals surface area contributed by atoms with Crippen LogP contribution in [0, 0.1) is 0 Å². The third kappa shape index (κ3) is 2.98. The van der Waals surface area contributed by atoms with Crippen molar-refractivity contribution in [3.63, 3.8) is 0 Å². The van der Waals surface area contributed by atoms with Gasteiger partial charge in [0, 0.05) is 0 Å². The van der Waals surface area contributed by atoms with Crippen molar-refractivity contribution < 1.29 is 15.0 Å². The lowest BCUT2D eigenvalue weighted by molar-refractivity contribution is 0.0696. The van der Waals surface area contributed by atoms with Gasteiger partial charge >= 0.3 is 5.97 Å². The summed E-state index contributed by atoms with van der Waals surface area (Å²) >= 11 is 0. The Morgan fingerprint density at radius 1 is 0.944 bits per heavy atom. The number of hydrogen-bond acceptors (Lipinski definition) is 2. The number of phenolic OH excluding ortho intramolecular Hbond substituents is 1. The highest BCUT2D eigenvalue weighted by atomic mass is 16.4. The fourth-order valence-corrected chi connectivity index (χ4v) is 1.61. The van der Waals surface area contributed by atoms with E-state index in [9.17, 15) is 9.90 Å². The normalized spacial score (nSPS) is 10.7. The van der Waals surface area contributed by atoms with E-state index in [0.29, 0.717) is 5.56 Å². The lowest BCUT2D eigenvalue weighted by Gasteiger charge is -2.00. The highest BCUT2D eigenvalue weighted by Gasteiger charge is 2.04. The van der Waals surface area contributed by atoms with E-state index in [1.54, 1.807) is 6.08 Å². The van der Waals surface area contributed by atoms with Crippen LogP contribution in [-0.4, -0.2) is 16.2 Å². The van der Waals surface area contributed by atoms with Gasteiger partial charge in [0.25, 0.3) is 0 Å².